The van der Waals surface area contributed by atoms with Gasteiger partial charge >= 0.3 is 6.03 Å². The topological polar surface area (TPSA) is 135 Å². The average molecular weight is 511 g/mol. The van der Waals surface area contributed by atoms with E-state index in [1.165, 1.54) is 6.07 Å². The second-order valence-electron chi connectivity index (χ2n) is 9.35. The van der Waals surface area contributed by atoms with E-state index in [1.807, 2.05) is 74.0 Å². The van der Waals surface area contributed by atoms with Gasteiger partial charge in [0, 0.05) is 30.1 Å². The Kier molecular flexibility index (Phi) is 7.92. The summed E-state index contributed by atoms with van der Waals surface area (Å²) < 4.78 is 7.64. The molecule has 0 bridgehead atoms. The lowest BCUT2D eigenvalue weighted by molar-refractivity contribution is 0.0936. The molecule has 0 fully saturated rings. The highest BCUT2D eigenvalue weighted by Gasteiger charge is 2.18. The van der Waals surface area contributed by atoms with E-state index in [0.29, 0.717) is 17.7 Å². The Morgan fingerprint density at radius 3 is 2.58 bits per heavy atom. The summed E-state index contributed by atoms with van der Waals surface area (Å²) in [4.78, 5) is 29.1. The molecule has 4 rings (SSSR count). The zero-order valence-electron chi connectivity index (χ0n) is 21.6. The first-order valence-electron chi connectivity index (χ1n) is 12.3. The summed E-state index contributed by atoms with van der Waals surface area (Å²) in [5, 5.41) is 15.0. The number of imidazole rings is 1. The van der Waals surface area contributed by atoms with Crippen molar-refractivity contribution in [1.29, 1.82) is 5.26 Å². The fourth-order valence-electron chi connectivity index (χ4n) is 4.17. The molecule has 1 atom stereocenters. The van der Waals surface area contributed by atoms with Crippen LogP contribution in [-0.4, -0.2) is 40.0 Å². The molecule has 3 amide bonds. The number of carbonyl (C=O) groups excluding carboxylic acids is 2. The number of aromatic nitrogens is 2. The lowest BCUT2D eigenvalue weighted by Gasteiger charge is -2.20. The van der Waals surface area contributed by atoms with Crippen LogP contribution >= 0.6 is 0 Å². The summed E-state index contributed by atoms with van der Waals surface area (Å²) in [6, 6.07) is 17.6. The number of urea groups is 1. The molecule has 0 aliphatic rings. The predicted molar refractivity (Wildman–Crippen MR) is 145 cm³/mol. The van der Waals surface area contributed by atoms with Gasteiger partial charge in [-0.1, -0.05) is 30.3 Å². The molecule has 0 aliphatic carbocycles. The third-order valence-electron chi connectivity index (χ3n) is 5.99. The zero-order chi connectivity index (χ0) is 27.2. The second kappa shape index (κ2) is 11.5. The number of nitrogens with zero attached hydrogens (tertiary/aromatic N) is 3. The average Bonchev–Trinajstić information content (AvgIpc) is 3.33. The Balaban J connectivity index is 1.49. The van der Waals surface area contributed by atoms with Crippen molar-refractivity contribution in [3.63, 3.8) is 0 Å². The number of nitrogens with one attached hydrogen (secondary N) is 2. The molecule has 0 saturated carbocycles. The molecule has 9 nitrogen and oxygen atoms in total. The Hall–Kier alpha value is -4.84. The summed E-state index contributed by atoms with van der Waals surface area (Å²) in [6.45, 7) is 5.90. The van der Waals surface area contributed by atoms with Crippen LogP contribution in [0.5, 0.6) is 5.75 Å². The fourth-order valence-corrected chi connectivity index (χ4v) is 4.17. The van der Waals surface area contributed by atoms with Crippen LogP contribution < -0.4 is 21.1 Å². The van der Waals surface area contributed by atoms with Crippen LogP contribution in [0.25, 0.3) is 16.9 Å². The highest BCUT2D eigenvalue weighted by molar-refractivity contribution is 5.95. The van der Waals surface area contributed by atoms with E-state index in [0.717, 1.165) is 28.0 Å². The van der Waals surface area contributed by atoms with E-state index >= 15 is 0 Å². The first-order valence-corrected chi connectivity index (χ1v) is 12.3. The first kappa shape index (κ1) is 26.2. The maximum atomic E-state index is 13.0. The number of amides is 3. The lowest BCUT2D eigenvalue weighted by atomic mass is 10.0. The molecule has 0 spiro atoms. The minimum absolute atomic E-state index is 0.103. The maximum absolute atomic E-state index is 13.0. The van der Waals surface area contributed by atoms with Gasteiger partial charge in [0.1, 0.15) is 17.5 Å². The molecule has 0 radical (unpaired) electrons. The number of rotatable bonds is 9. The number of nitriles is 1. The van der Waals surface area contributed by atoms with E-state index in [1.54, 1.807) is 12.1 Å². The lowest BCUT2D eigenvalue weighted by Crippen LogP contribution is -2.46. The molecule has 0 unspecified atom stereocenters. The predicted octanol–water partition coefficient (Wildman–Crippen LogP) is 3.98. The second-order valence-corrected chi connectivity index (χ2v) is 9.35. The van der Waals surface area contributed by atoms with Crippen molar-refractivity contribution in [3.05, 3.63) is 89.2 Å². The van der Waals surface area contributed by atoms with Crippen molar-refractivity contribution in [3.8, 4) is 23.1 Å². The molecular weight excluding hydrogens is 480 g/mol. The SMILES string of the molecule is Cc1cccn2cc(-c3ccc(C[C@@H](CNC(N)=O)NC(=O)c4ccc(OC(C)C)c(C#N)c4)cc3)nc12. The van der Waals surface area contributed by atoms with Crippen molar-refractivity contribution in [1.82, 2.24) is 20.0 Å². The minimum Gasteiger partial charge on any atom is -0.490 e. The molecule has 38 heavy (non-hydrogen) atoms. The summed E-state index contributed by atoms with van der Waals surface area (Å²) in [5.41, 5.74) is 10.7. The van der Waals surface area contributed by atoms with E-state index in [9.17, 15) is 14.9 Å². The van der Waals surface area contributed by atoms with Crippen LogP contribution in [0, 0.1) is 18.3 Å². The number of nitrogens with two attached hydrogens (primary N) is 1. The van der Waals surface area contributed by atoms with Crippen LogP contribution in [0.1, 0.15) is 40.9 Å². The van der Waals surface area contributed by atoms with Gasteiger partial charge in [-0.05, 0) is 62.6 Å². The highest BCUT2D eigenvalue weighted by Crippen LogP contribution is 2.23. The minimum atomic E-state index is -0.677. The van der Waals surface area contributed by atoms with E-state index in [4.69, 9.17) is 15.5 Å². The molecule has 4 aromatic rings. The number of pyridine rings is 1. The Morgan fingerprint density at radius 2 is 1.92 bits per heavy atom. The Labute approximate surface area is 221 Å². The smallest absolute Gasteiger partial charge is 0.312 e. The third-order valence-corrected chi connectivity index (χ3v) is 5.99. The van der Waals surface area contributed by atoms with Gasteiger partial charge in [-0.25, -0.2) is 9.78 Å². The molecule has 9 heteroatoms. The highest BCUT2D eigenvalue weighted by atomic mass is 16.5. The van der Waals surface area contributed by atoms with Gasteiger partial charge < -0.3 is 25.5 Å². The molecule has 4 N–H and O–H groups in total. The van der Waals surface area contributed by atoms with Crippen LogP contribution in [-0.2, 0) is 6.42 Å². The number of fused-ring (bicyclic) bond motifs is 1. The van der Waals surface area contributed by atoms with Crippen LogP contribution in [0.3, 0.4) is 0 Å². The number of carbonyl (C=O) groups is 2. The van der Waals surface area contributed by atoms with Crippen molar-refractivity contribution in [2.24, 2.45) is 5.73 Å². The van der Waals surface area contributed by atoms with Crippen molar-refractivity contribution >= 4 is 17.6 Å². The molecule has 2 aromatic carbocycles. The number of hydrogen-bond acceptors (Lipinski definition) is 5. The van der Waals surface area contributed by atoms with Crippen LogP contribution in [0.2, 0.25) is 0 Å². The number of aryl methyl sites for hydroxylation is 1. The fraction of sp³-hybridized carbons (Fsp3) is 0.241. The summed E-state index contributed by atoms with van der Waals surface area (Å²) in [5.74, 6) is 0.0532. The molecule has 2 heterocycles. The molecule has 2 aromatic heterocycles. The summed E-state index contributed by atoms with van der Waals surface area (Å²) in [7, 11) is 0. The van der Waals surface area contributed by atoms with Gasteiger partial charge in [0.2, 0.25) is 0 Å². The van der Waals surface area contributed by atoms with Gasteiger partial charge in [0.05, 0.1) is 23.4 Å². The van der Waals surface area contributed by atoms with E-state index < -0.39 is 12.1 Å². The maximum Gasteiger partial charge on any atom is 0.312 e. The van der Waals surface area contributed by atoms with Gasteiger partial charge in [0.25, 0.3) is 5.91 Å². The number of benzene rings is 2. The van der Waals surface area contributed by atoms with Crippen molar-refractivity contribution < 1.29 is 14.3 Å². The molecular formula is C29H30N6O3. The van der Waals surface area contributed by atoms with Crippen molar-refractivity contribution in [2.45, 2.75) is 39.3 Å². The van der Waals surface area contributed by atoms with E-state index in [-0.39, 0.29) is 24.1 Å². The Morgan fingerprint density at radius 1 is 1.16 bits per heavy atom. The van der Waals surface area contributed by atoms with Crippen LogP contribution in [0.15, 0.2) is 67.0 Å². The normalized spacial score (nSPS) is 11.7. The Bertz CT molecular complexity index is 1500. The van der Waals surface area contributed by atoms with Gasteiger partial charge in [0.15, 0.2) is 0 Å². The standard InChI is InChI=1S/C29H30N6O3/c1-18(2)38-26-11-10-22(14-23(26)15-30)28(36)33-24(16-32-29(31)37)13-20-6-8-21(9-7-20)25-17-35-12-4-5-19(3)27(35)34-25/h4-12,14,17-18,24H,13,16H2,1-3H3,(H,33,36)(H3,31,32,37)/t24-/m0/s1. The van der Waals surface area contributed by atoms with Crippen LogP contribution in [0.4, 0.5) is 4.79 Å². The largest absolute Gasteiger partial charge is 0.490 e. The zero-order valence-corrected chi connectivity index (χ0v) is 21.6. The molecule has 0 aliphatic heterocycles. The van der Waals surface area contributed by atoms with Gasteiger partial charge in [-0.15, -0.1) is 0 Å². The molecule has 0 saturated heterocycles. The van der Waals surface area contributed by atoms with E-state index in [2.05, 4.69) is 16.7 Å². The summed E-state index contributed by atoms with van der Waals surface area (Å²) in [6.07, 6.45) is 4.31. The summed E-state index contributed by atoms with van der Waals surface area (Å²) >= 11 is 0. The number of primary amides is 1. The monoisotopic (exact) mass is 510 g/mol. The van der Waals surface area contributed by atoms with Gasteiger partial charge in [-0.3, -0.25) is 4.79 Å². The quantitative estimate of drug-likeness (QED) is 0.313. The molecule has 194 valence electrons. The number of ether oxygens (including phenoxy) is 1. The van der Waals surface area contributed by atoms with Gasteiger partial charge in [-0.2, -0.15) is 5.26 Å². The van der Waals surface area contributed by atoms with Crippen molar-refractivity contribution in [2.75, 3.05) is 6.54 Å². The first-order chi connectivity index (χ1) is 18.2. The number of hydrogen-bond donors (Lipinski definition) is 3. The third kappa shape index (κ3) is 6.28.